The average molecular weight is 446 g/mol. The Morgan fingerprint density at radius 3 is 2.68 bits per heavy atom. The molecule has 0 amide bonds. The number of oxazole rings is 1. The van der Waals surface area contributed by atoms with Crippen LogP contribution in [0.5, 0.6) is 5.75 Å². The van der Waals surface area contributed by atoms with Gasteiger partial charge in [0, 0.05) is 41.4 Å². The minimum atomic E-state index is -0.944. The zero-order valence-electron chi connectivity index (χ0n) is 18.9. The number of carboxylic acids is 1. The Morgan fingerprint density at radius 1 is 1.26 bits per heavy atom. The Hall–Kier alpha value is -2.38. The third kappa shape index (κ3) is 5.46. The Labute approximate surface area is 187 Å². The summed E-state index contributed by atoms with van der Waals surface area (Å²) in [6, 6.07) is 5.87. The fourth-order valence-corrected chi connectivity index (χ4v) is 4.37. The van der Waals surface area contributed by atoms with Crippen molar-refractivity contribution in [1.82, 2.24) is 4.98 Å². The lowest BCUT2D eigenvalue weighted by Crippen LogP contribution is -2.26. The zero-order valence-corrected chi connectivity index (χ0v) is 19.7. The molecule has 1 aromatic carbocycles. The first-order chi connectivity index (χ1) is 14.7. The number of nitrogens with zero attached hydrogens (tertiary/aromatic N) is 1. The molecule has 0 aliphatic heterocycles. The molecule has 31 heavy (non-hydrogen) atoms. The summed E-state index contributed by atoms with van der Waals surface area (Å²) in [6.45, 7) is 11.0. The van der Waals surface area contributed by atoms with Crippen molar-refractivity contribution in [1.29, 1.82) is 0 Å². The molecule has 2 heterocycles. The molecule has 0 saturated heterocycles. The molecule has 7 heteroatoms. The number of hydrogen-bond donors (Lipinski definition) is 1. The predicted molar refractivity (Wildman–Crippen MR) is 122 cm³/mol. The normalized spacial score (nSPS) is 12.9. The number of ether oxygens (including phenoxy) is 2. The number of thiophene rings is 1. The number of benzene rings is 1. The van der Waals surface area contributed by atoms with E-state index in [1.807, 2.05) is 23.6 Å². The monoisotopic (exact) mass is 445 g/mol. The topological polar surface area (TPSA) is 81.8 Å². The van der Waals surface area contributed by atoms with Gasteiger partial charge in [0.2, 0.25) is 0 Å². The van der Waals surface area contributed by atoms with Gasteiger partial charge in [-0.15, -0.1) is 11.3 Å². The molecule has 0 bridgehead atoms. The molecule has 168 valence electrons. The van der Waals surface area contributed by atoms with Crippen LogP contribution in [0.1, 0.15) is 57.5 Å². The molecule has 0 radical (unpaired) electrons. The lowest BCUT2D eigenvalue weighted by atomic mass is 9.97. The Bertz CT molecular complexity index is 1030. The first kappa shape index (κ1) is 23.3. The molecular weight excluding hydrogens is 414 g/mol. The van der Waals surface area contributed by atoms with Gasteiger partial charge in [0.05, 0.1) is 12.3 Å². The second kappa shape index (κ2) is 9.83. The Morgan fingerprint density at radius 2 is 2.03 bits per heavy atom. The minimum absolute atomic E-state index is 0.128. The third-order valence-corrected chi connectivity index (χ3v) is 6.03. The molecule has 1 unspecified atom stereocenters. The van der Waals surface area contributed by atoms with Crippen molar-refractivity contribution < 1.29 is 23.8 Å². The van der Waals surface area contributed by atoms with Gasteiger partial charge in [0.1, 0.15) is 11.5 Å². The van der Waals surface area contributed by atoms with Crippen LogP contribution in [0.3, 0.4) is 0 Å². The smallest absolute Gasteiger partial charge is 0.333 e. The van der Waals surface area contributed by atoms with E-state index in [1.54, 1.807) is 18.3 Å². The van der Waals surface area contributed by atoms with Crippen molar-refractivity contribution in [2.24, 2.45) is 0 Å². The van der Waals surface area contributed by atoms with Gasteiger partial charge < -0.3 is 19.0 Å². The quantitative estimate of drug-likeness (QED) is 0.450. The highest BCUT2D eigenvalue weighted by Gasteiger charge is 2.23. The maximum atomic E-state index is 11.5. The molecule has 1 atom stereocenters. The number of carboxylic acid groups (broad SMARTS) is 1. The minimum Gasteiger partial charge on any atom is -0.493 e. The van der Waals surface area contributed by atoms with E-state index in [-0.39, 0.29) is 5.41 Å². The van der Waals surface area contributed by atoms with E-state index in [2.05, 4.69) is 27.7 Å². The summed E-state index contributed by atoms with van der Waals surface area (Å²) in [6.07, 6.45) is 0.946. The second-order valence-corrected chi connectivity index (χ2v) is 9.38. The summed E-state index contributed by atoms with van der Waals surface area (Å²) in [4.78, 5) is 16.2. The van der Waals surface area contributed by atoms with Gasteiger partial charge in [0.15, 0.2) is 12.0 Å². The number of aromatic nitrogens is 1. The van der Waals surface area contributed by atoms with Crippen LogP contribution in [0.4, 0.5) is 0 Å². The molecule has 2 aromatic heterocycles. The first-order valence-corrected chi connectivity index (χ1v) is 11.6. The van der Waals surface area contributed by atoms with Crippen LogP contribution >= 0.6 is 11.3 Å². The van der Waals surface area contributed by atoms with Gasteiger partial charge >= 0.3 is 5.97 Å². The highest BCUT2D eigenvalue weighted by atomic mass is 32.1. The van der Waals surface area contributed by atoms with E-state index >= 15 is 0 Å². The highest BCUT2D eigenvalue weighted by Crippen LogP contribution is 2.34. The van der Waals surface area contributed by atoms with E-state index in [0.29, 0.717) is 26.1 Å². The van der Waals surface area contributed by atoms with Crippen molar-refractivity contribution >= 4 is 27.4 Å². The maximum Gasteiger partial charge on any atom is 0.333 e. The van der Waals surface area contributed by atoms with Crippen molar-refractivity contribution in [3.63, 3.8) is 0 Å². The molecule has 0 fully saturated rings. The predicted octanol–water partition coefficient (Wildman–Crippen LogP) is 5.40. The van der Waals surface area contributed by atoms with Gasteiger partial charge in [-0.25, -0.2) is 9.78 Å². The largest absolute Gasteiger partial charge is 0.493 e. The van der Waals surface area contributed by atoms with Crippen LogP contribution in [-0.2, 0) is 34.2 Å². The number of aryl methyl sites for hydroxylation is 1. The number of carbonyl (C=O) groups is 1. The second-order valence-electron chi connectivity index (χ2n) is 8.46. The van der Waals surface area contributed by atoms with Crippen LogP contribution in [0.2, 0.25) is 0 Å². The summed E-state index contributed by atoms with van der Waals surface area (Å²) in [5.41, 5.74) is 1.78. The summed E-state index contributed by atoms with van der Waals surface area (Å²) >= 11 is 1.59. The lowest BCUT2D eigenvalue weighted by molar-refractivity contribution is -0.149. The highest BCUT2D eigenvalue weighted by molar-refractivity contribution is 7.17. The molecular formula is C24H31NO5S. The van der Waals surface area contributed by atoms with E-state index < -0.39 is 12.1 Å². The van der Waals surface area contributed by atoms with Gasteiger partial charge in [-0.2, -0.15) is 0 Å². The SMILES string of the molecule is CCOC(Cc1ccc(OCCc2nc(C(C)(C)C)oc2CC)c2ccsc12)C(=O)O. The molecule has 1 N–H and O–H groups in total. The summed E-state index contributed by atoms with van der Waals surface area (Å²) in [7, 11) is 0. The van der Waals surface area contributed by atoms with Crippen LogP contribution in [-0.4, -0.2) is 35.4 Å². The number of rotatable bonds is 10. The van der Waals surface area contributed by atoms with E-state index in [9.17, 15) is 9.90 Å². The lowest BCUT2D eigenvalue weighted by Gasteiger charge is -2.14. The Balaban J connectivity index is 1.73. The fraction of sp³-hybridized carbons (Fsp3) is 0.500. The van der Waals surface area contributed by atoms with Crippen LogP contribution in [0.25, 0.3) is 10.1 Å². The van der Waals surface area contributed by atoms with E-state index in [0.717, 1.165) is 45.2 Å². The summed E-state index contributed by atoms with van der Waals surface area (Å²) in [5.74, 6) is 1.52. The molecule has 0 aliphatic rings. The van der Waals surface area contributed by atoms with Crippen molar-refractivity contribution in [3.8, 4) is 5.75 Å². The zero-order chi connectivity index (χ0) is 22.6. The number of hydrogen-bond acceptors (Lipinski definition) is 6. The van der Waals surface area contributed by atoms with Gasteiger partial charge in [0.25, 0.3) is 0 Å². The van der Waals surface area contributed by atoms with Crippen LogP contribution in [0, 0.1) is 0 Å². The Kier molecular flexibility index (Phi) is 7.38. The van der Waals surface area contributed by atoms with Crippen LogP contribution in [0.15, 0.2) is 28.0 Å². The van der Waals surface area contributed by atoms with E-state index in [4.69, 9.17) is 18.9 Å². The maximum absolute atomic E-state index is 11.5. The molecule has 0 saturated carbocycles. The fourth-order valence-electron chi connectivity index (χ4n) is 3.43. The van der Waals surface area contributed by atoms with Gasteiger partial charge in [-0.1, -0.05) is 33.8 Å². The molecule has 0 aliphatic carbocycles. The number of fused-ring (bicyclic) bond motifs is 1. The molecule has 0 spiro atoms. The molecule has 3 rings (SSSR count). The van der Waals surface area contributed by atoms with Gasteiger partial charge in [-0.05, 0) is 30.0 Å². The van der Waals surface area contributed by atoms with Crippen molar-refractivity contribution in [2.45, 2.75) is 65.4 Å². The van der Waals surface area contributed by atoms with Gasteiger partial charge in [-0.3, -0.25) is 0 Å². The summed E-state index contributed by atoms with van der Waals surface area (Å²) < 4.78 is 18.5. The standard InChI is InChI=1S/C24H31NO5S/c1-6-18-17(25-23(30-18)24(3,4)5)10-12-29-19-9-8-15(21-16(19)11-13-31-21)14-20(22(26)27)28-7-2/h8-9,11,13,20H,6-7,10,12,14H2,1-5H3,(H,26,27). The average Bonchev–Trinajstić information content (AvgIpc) is 3.36. The van der Waals surface area contributed by atoms with Crippen LogP contribution < -0.4 is 4.74 Å². The van der Waals surface area contributed by atoms with Crippen molar-refractivity contribution in [2.75, 3.05) is 13.2 Å². The summed E-state index contributed by atoms with van der Waals surface area (Å²) in [5, 5.41) is 12.4. The molecule has 6 nitrogen and oxygen atoms in total. The number of aliphatic carboxylic acids is 1. The first-order valence-electron chi connectivity index (χ1n) is 10.7. The third-order valence-electron chi connectivity index (χ3n) is 5.04. The van der Waals surface area contributed by atoms with Crippen molar-refractivity contribution in [3.05, 3.63) is 46.5 Å². The van der Waals surface area contributed by atoms with E-state index in [1.165, 1.54) is 0 Å². The molecule has 3 aromatic rings.